The van der Waals surface area contributed by atoms with E-state index in [-0.39, 0.29) is 17.8 Å². The van der Waals surface area contributed by atoms with E-state index in [2.05, 4.69) is 13.8 Å². The van der Waals surface area contributed by atoms with Crippen molar-refractivity contribution in [3.63, 3.8) is 0 Å². The Hall–Kier alpha value is -1.55. The average Bonchev–Trinajstić information content (AvgIpc) is 2.98. The van der Waals surface area contributed by atoms with Gasteiger partial charge in [-0.2, -0.15) is 0 Å². The molecule has 132 valence electrons. The van der Waals surface area contributed by atoms with Crippen molar-refractivity contribution in [1.82, 2.24) is 0 Å². The number of fused-ring (bicyclic) bond motifs is 1. The van der Waals surface area contributed by atoms with E-state index in [4.69, 9.17) is 4.42 Å². The van der Waals surface area contributed by atoms with Crippen LogP contribution in [-0.2, 0) is 11.2 Å². The summed E-state index contributed by atoms with van der Waals surface area (Å²) in [6.07, 6.45) is 10.8. The Kier molecular flexibility index (Phi) is 4.60. The Bertz CT molecular complexity index is 618. The third-order valence-electron chi connectivity index (χ3n) is 6.73. The first-order valence-electron chi connectivity index (χ1n) is 9.01. The van der Waals surface area contributed by atoms with E-state index in [1.165, 1.54) is 5.56 Å². The molecule has 3 rings (SSSR count). The number of aliphatic carboxylic acids is 1. The molecule has 4 heteroatoms. The van der Waals surface area contributed by atoms with Crippen LogP contribution >= 0.6 is 0 Å². The summed E-state index contributed by atoms with van der Waals surface area (Å²) in [5.74, 6) is -0.238. The van der Waals surface area contributed by atoms with Gasteiger partial charge in [-0.15, -0.1) is 0 Å². The van der Waals surface area contributed by atoms with Crippen LogP contribution in [0.25, 0.3) is 0 Å². The summed E-state index contributed by atoms with van der Waals surface area (Å²) in [5.41, 5.74) is 0.687. The van der Waals surface area contributed by atoms with E-state index in [1.54, 1.807) is 12.5 Å². The monoisotopic (exact) mass is 332 g/mol. The highest BCUT2D eigenvalue weighted by Gasteiger charge is 2.53. The van der Waals surface area contributed by atoms with Gasteiger partial charge in [-0.05, 0) is 67.4 Å². The van der Waals surface area contributed by atoms with Gasteiger partial charge in [-0.25, -0.2) is 4.79 Å². The number of hydrogen-bond donors (Lipinski definition) is 2. The third-order valence-corrected chi connectivity index (χ3v) is 6.73. The number of furan rings is 1. The summed E-state index contributed by atoms with van der Waals surface area (Å²) in [5, 5.41) is 20.8. The van der Waals surface area contributed by atoms with Crippen LogP contribution in [0, 0.1) is 17.3 Å². The molecule has 24 heavy (non-hydrogen) atoms. The highest BCUT2D eigenvalue weighted by molar-refractivity contribution is 5.86. The predicted octanol–water partition coefficient (Wildman–Crippen LogP) is 4.19. The summed E-state index contributed by atoms with van der Waals surface area (Å²) in [4.78, 5) is 11.4. The molecule has 0 radical (unpaired) electrons. The second-order valence-corrected chi connectivity index (χ2v) is 8.02. The lowest BCUT2D eigenvalue weighted by molar-refractivity contribution is -0.142. The summed E-state index contributed by atoms with van der Waals surface area (Å²) in [6, 6.07) is 2.00. The van der Waals surface area contributed by atoms with E-state index in [0.29, 0.717) is 17.9 Å². The van der Waals surface area contributed by atoms with Crippen LogP contribution in [0.15, 0.2) is 34.7 Å². The number of carboxylic acid groups (broad SMARTS) is 1. The molecule has 0 aliphatic heterocycles. The minimum Gasteiger partial charge on any atom is -0.478 e. The summed E-state index contributed by atoms with van der Waals surface area (Å²) in [7, 11) is 0. The van der Waals surface area contributed by atoms with Crippen LogP contribution in [0.1, 0.15) is 57.9 Å². The lowest BCUT2D eigenvalue weighted by Gasteiger charge is -2.54. The van der Waals surface area contributed by atoms with Gasteiger partial charge in [0, 0.05) is 12.0 Å². The van der Waals surface area contributed by atoms with Gasteiger partial charge in [0.15, 0.2) is 0 Å². The topological polar surface area (TPSA) is 70.7 Å². The molecule has 1 saturated carbocycles. The lowest BCUT2D eigenvalue weighted by atomic mass is 9.52. The molecule has 2 N–H and O–H groups in total. The van der Waals surface area contributed by atoms with Crippen LogP contribution in [0.4, 0.5) is 0 Å². The largest absolute Gasteiger partial charge is 0.478 e. The summed E-state index contributed by atoms with van der Waals surface area (Å²) >= 11 is 0. The van der Waals surface area contributed by atoms with E-state index in [9.17, 15) is 15.0 Å². The lowest BCUT2D eigenvalue weighted by Crippen LogP contribution is -2.53. The van der Waals surface area contributed by atoms with Gasteiger partial charge in [-0.3, -0.25) is 0 Å². The Labute approximate surface area is 143 Å². The molecule has 0 saturated heterocycles. The molecule has 0 aromatic carbocycles. The van der Waals surface area contributed by atoms with Crippen LogP contribution in [0.5, 0.6) is 0 Å². The van der Waals surface area contributed by atoms with E-state index >= 15 is 0 Å². The van der Waals surface area contributed by atoms with Crippen LogP contribution in [0.3, 0.4) is 0 Å². The van der Waals surface area contributed by atoms with Gasteiger partial charge >= 0.3 is 5.97 Å². The molecule has 0 bridgehead atoms. The van der Waals surface area contributed by atoms with Crippen LogP contribution in [-0.4, -0.2) is 21.8 Å². The number of rotatable bonds is 4. The summed E-state index contributed by atoms with van der Waals surface area (Å²) < 4.78 is 5.18. The molecule has 1 aromatic heterocycles. The molecule has 4 atom stereocenters. The highest BCUT2D eigenvalue weighted by Crippen LogP contribution is 2.56. The second-order valence-electron chi connectivity index (χ2n) is 8.02. The smallest absolute Gasteiger partial charge is 0.331 e. The fraction of sp³-hybridized carbons (Fsp3) is 0.650. The van der Waals surface area contributed by atoms with E-state index < -0.39 is 11.6 Å². The number of carboxylic acids is 1. The molecular formula is C20H28O4. The molecule has 1 aromatic rings. The van der Waals surface area contributed by atoms with Crippen molar-refractivity contribution < 1.29 is 19.4 Å². The van der Waals surface area contributed by atoms with Crippen molar-refractivity contribution in [3.8, 4) is 0 Å². The van der Waals surface area contributed by atoms with Gasteiger partial charge in [0.1, 0.15) is 0 Å². The van der Waals surface area contributed by atoms with Crippen LogP contribution < -0.4 is 0 Å². The number of carbonyl (C=O) groups is 1. The second kappa shape index (κ2) is 6.40. The quantitative estimate of drug-likeness (QED) is 0.867. The molecule has 0 amide bonds. The number of hydrogen-bond acceptors (Lipinski definition) is 3. The molecule has 4 unspecified atom stereocenters. The first kappa shape index (κ1) is 17.3. The molecule has 1 fully saturated rings. The SMILES string of the molecule is CC1CCC2(O)CC(C(=O)O)=CCCC2C1(C)CCc1ccoc1. The Morgan fingerprint density at radius 3 is 2.88 bits per heavy atom. The molecule has 0 spiro atoms. The molecule has 4 nitrogen and oxygen atoms in total. The highest BCUT2D eigenvalue weighted by atomic mass is 16.4. The van der Waals surface area contributed by atoms with Crippen molar-refractivity contribution in [2.45, 2.75) is 64.4 Å². The predicted molar refractivity (Wildman–Crippen MR) is 91.5 cm³/mol. The molecular weight excluding hydrogens is 304 g/mol. The fourth-order valence-electron chi connectivity index (χ4n) is 5.00. The van der Waals surface area contributed by atoms with E-state index in [1.807, 2.05) is 12.1 Å². The zero-order valence-corrected chi connectivity index (χ0v) is 14.6. The normalized spacial score (nSPS) is 36.5. The Morgan fingerprint density at radius 2 is 2.21 bits per heavy atom. The standard InChI is InChI=1S/C20H28O4/c1-14-6-10-20(23)12-16(18(21)22)4-3-5-17(20)19(14,2)9-7-15-8-11-24-13-15/h4,8,11,13-14,17,23H,3,5-7,9-10,12H2,1-2H3,(H,21,22). The Balaban J connectivity index is 1.84. The molecule has 2 aliphatic rings. The zero-order valence-electron chi connectivity index (χ0n) is 14.6. The van der Waals surface area contributed by atoms with Crippen LogP contribution in [0.2, 0.25) is 0 Å². The minimum atomic E-state index is -0.890. The number of aryl methyl sites for hydroxylation is 1. The fourth-order valence-corrected chi connectivity index (χ4v) is 5.00. The first-order valence-corrected chi connectivity index (χ1v) is 9.01. The van der Waals surface area contributed by atoms with Gasteiger partial charge < -0.3 is 14.6 Å². The van der Waals surface area contributed by atoms with E-state index in [0.717, 1.165) is 32.1 Å². The van der Waals surface area contributed by atoms with Gasteiger partial charge in [-0.1, -0.05) is 19.9 Å². The summed E-state index contributed by atoms with van der Waals surface area (Å²) in [6.45, 7) is 4.57. The third kappa shape index (κ3) is 3.04. The first-order chi connectivity index (χ1) is 11.3. The maximum absolute atomic E-state index is 11.4. The molecule has 2 aliphatic carbocycles. The van der Waals surface area contributed by atoms with Crippen molar-refractivity contribution in [1.29, 1.82) is 0 Å². The van der Waals surface area contributed by atoms with Crippen molar-refractivity contribution in [2.75, 3.05) is 0 Å². The number of allylic oxidation sites excluding steroid dienone is 1. The number of aliphatic hydroxyl groups is 1. The Morgan fingerprint density at radius 1 is 1.42 bits per heavy atom. The van der Waals surface area contributed by atoms with Crippen molar-refractivity contribution >= 4 is 5.97 Å². The maximum Gasteiger partial charge on any atom is 0.331 e. The maximum atomic E-state index is 11.4. The van der Waals surface area contributed by atoms with Gasteiger partial charge in [0.05, 0.1) is 18.1 Å². The van der Waals surface area contributed by atoms with Crippen molar-refractivity contribution in [3.05, 3.63) is 35.8 Å². The zero-order chi connectivity index (χ0) is 17.4. The van der Waals surface area contributed by atoms with Gasteiger partial charge in [0.2, 0.25) is 0 Å². The average molecular weight is 332 g/mol. The molecule has 1 heterocycles. The van der Waals surface area contributed by atoms with Crippen molar-refractivity contribution in [2.24, 2.45) is 17.3 Å². The van der Waals surface area contributed by atoms with Gasteiger partial charge in [0.25, 0.3) is 0 Å². The minimum absolute atomic E-state index is 0.00602.